The summed E-state index contributed by atoms with van der Waals surface area (Å²) in [5, 5.41) is 0. The van der Waals surface area contributed by atoms with Crippen LogP contribution in [-0.2, 0) is 25.7 Å². The second-order valence-corrected chi connectivity index (χ2v) is 17.1. The maximum Gasteiger partial charge on any atom is 0.100 e. The minimum atomic E-state index is 0.812. The van der Waals surface area contributed by atoms with Crippen molar-refractivity contribution in [1.29, 1.82) is 0 Å². The van der Waals surface area contributed by atoms with Crippen molar-refractivity contribution < 1.29 is 0 Å². The first-order chi connectivity index (χ1) is 32.7. The summed E-state index contributed by atoms with van der Waals surface area (Å²) < 4.78 is 4.29. The molecule has 0 amide bonds. The predicted octanol–water partition coefficient (Wildman–Crippen LogP) is 13.6. The Morgan fingerprint density at radius 3 is 1.08 bits per heavy atom. The molecule has 66 heavy (non-hydrogen) atoms. The molecule has 2 aliphatic heterocycles. The van der Waals surface area contributed by atoms with Crippen LogP contribution in [0.4, 0.5) is 34.1 Å². The number of aromatic nitrogens is 6. The molecule has 0 bridgehead atoms. The molecule has 0 spiro atoms. The van der Waals surface area contributed by atoms with Crippen LogP contribution in [0.2, 0.25) is 0 Å². The van der Waals surface area contributed by atoms with E-state index in [-0.39, 0.29) is 0 Å². The van der Waals surface area contributed by atoms with E-state index in [9.17, 15) is 0 Å². The Morgan fingerprint density at radius 1 is 0.348 bits per heavy atom. The highest BCUT2D eigenvalue weighted by molar-refractivity contribution is 5.90. The molecule has 8 nitrogen and oxygen atoms in total. The molecule has 0 fully saturated rings. The van der Waals surface area contributed by atoms with E-state index in [4.69, 9.17) is 15.0 Å². The minimum absolute atomic E-state index is 0.812. The summed E-state index contributed by atoms with van der Waals surface area (Å²) in [7, 11) is 0. The molecule has 13 rings (SSSR count). The van der Waals surface area contributed by atoms with E-state index in [0.29, 0.717) is 0 Å². The van der Waals surface area contributed by atoms with Gasteiger partial charge in [0.2, 0.25) is 0 Å². The number of nitrogens with zero attached hydrogens (tertiary/aromatic N) is 8. The Labute approximate surface area is 382 Å². The van der Waals surface area contributed by atoms with Gasteiger partial charge in [-0.25, -0.2) is 15.0 Å². The van der Waals surface area contributed by atoms with Crippen LogP contribution < -0.4 is 9.80 Å². The van der Waals surface area contributed by atoms with Gasteiger partial charge in [-0.1, -0.05) is 97.1 Å². The van der Waals surface area contributed by atoms with Gasteiger partial charge in [-0.15, -0.1) is 0 Å². The van der Waals surface area contributed by atoms with Gasteiger partial charge in [-0.2, -0.15) is 0 Å². The number of anilines is 6. The van der Waals surface area contributed by atoms with Gasteiger partial charge in [0, 0.05) is 56.6 Å². The fourth-order valence-corrected chi connectivity index (χ4v) is 10.0. The quantitative estimate of drug-likeness (QED) is 0.166. The van der Waals surface area contributed by atoms with Crippen LogP contribution >= 0.6 is 0 Å². The van der Waals surface area contributed by atoms with E-state index < -0.39 is 0 Å². The number of aryl methyl sites for hydroxylation is 4. The van der Waals surface area contributed by atoms with Crippen molar-refractivity contribution in [3.8, 4) is 33.9 Å². The smallest absolute Gasteiger partial charge is 0.100 e. The normalized spacial score (nSPS) is 13.2. The van der Waals surface area contributed by atoms with E-state index in [1.54, 1.807) is 0 Å². The first kappa shape index (κ1) is 37.9. The molecule has 0 N–H and O–H groups in total. The lowest BCUT2D eigenvalue weighted by atomic mass is 10.0. The highest BCUT2D eigenvalue weighted by atomic mass is 15.2. The first-order valence-corrected chi connectivity index (χ1v) is 22.6. The van der Waals surface area contributed by atoms with Gasteiger partial charge in [-0.05, 0) is 133 Å². The average molecular weight is 851 g/mol. The van der Waals surface area contributed by atoms with Crippen molar-refractivity contribution in [1.82, 2.24) is 29.1 Å². The van der Waals surface area contributed by atoms with E-state index in [1.807, 2.05) is 25.0 Å². The second kappa shape index (κ2) is 15.6. The molecular weight excluding hydrogens is 809 g/mol. The zero-order valence-corrected chi connectivity index (χ0v) is 36.0. The van der Waals surface area contributed by atoms with Crippen LogP contribution in [-0.4, -0.2) is 29.1 Å². The van der Waals surface area contributed by atoms with Crippen LogP contribution in [0, 0.1) is 0 Å². The number of hydrogen-bond donors (Lipinski definition) is 0. The standard InChI is InChI=1S/C58H42N8/c1-5-13-53-41(9-1)17-18-42-10-2-6-14-54(42)65(53)47-29-31-57-49(33-47)60-37-63(57)45-25-21-39(22-26-45)51-35-59-36-52(62-51)40-23-27-46(28-24-40)64-38-61-50-34-48(30-32-58(50)64)66-55-15-7-3-11-43(55)19-20-44-12-4-8-16-56(44)66/h1-16,21-38H,17-20H2. The highest BCUT2D eigenvalue weighted by Crippen LogP contribution is 2.44. The Hall–Kier alpha value is -8.62. The summed E-state index contributed by atoms with van der Waals surface area (Å²) in [6, 6.07) is 65.1. The van der Waals surface area contributed by atoms with E-state index in [0.717, 1.165) is 93.0 Å². The fourth-order valence-electron chi connectivity index (χ4n) is 10.0. The topological polar surface area (TPSA) is 67.9 Å². The number of hydrogen-bond acceptors (Lipinski definition) is 6. The summed E-state index contributed by atoms with van der Waals surface area (Å²) in [5.74, 6) is 0. The van der Waals surface area contributed by atoms with Gasteiger partial charge in [0.1, 0.15) is 12.7 Å². The molecule has 314 valence electrons. The Kier molecular flexibility index (Phi) is 8.94. The number of para-hydroxylation sites is 4. The molecule has 8 heteroatoms. The number of fused-ring (bicyclic) bond motifs is 6. The number of benzene rings is 8. The molecule has 0 atom stereocenters. The van der Waals surface area contributed by atoms with Gasteiger partial charge in [-0.3, -0.25) is 14.1 Å². The summed E-state index contributed by atoms with van der Waals surface area (Å²) in [6.45, 7) is 0. The third kappa shape index (κ3) is 6.45. The zero-order valence-electron chi connectivity index (χ0n) is 36.0. The van der Waals surface area contributed by atoms with Crippen LogP contribution in [0.25, 0.3) is 56.0 Å². The van der Waals surface area contributed by atoms with Crippen molar-refractivity contribution >= 4 is 56.2 Å². The summed E-state index contributed by atoms with van der Waals surface area (Å²) >= 11 is 0. The average Bonchev–Trinajstić information content (AvgIpc) is 3.91. The Bertz CT molecular complexity index is 3290. The summed E-state index contributed by atoms with van der Waals surface area (Å²) in [5.41, 5.74) is 22.1. The molecule has 0 saturated heterocycles. The SMILES string of the molecule is c1ccc2c(c1)CCc1ccccc1N2c1ccc2c(c1)ncn2-c1ccc(-c2cncc(-c3ccc(-n4cnc5cc(N6c7ccccc7CCc7ccccc76)ccc54)cc3)n2)cc1. The molecule has 0 saturated carbocycles. The van der Waals surface area contributed by atoms with Gasteiger partial charge >= 0.3 is 0 Å². The molecular formula is C58H42N8. The van der Waals surface area contributed by atoms with Crippen LogP contribution in [0.15, 0.2) is 207 Å². The van der Waals surface area contributed by atoms with Gasteiger partial charge in [0.05, 0.1) is 45.8 Å². The molecule has 8 aromatic carbocycles. The monoisotopic (exact) mass is 850 g/mol. The lowest BCUT2D eigenvalue weighted by Crippen LogP contribution is -2.11. The molecule has 2 aliphatic rings. The van der Waals surface area contributed by atoms with Crippen LogP contribution in [0.1, 0.15) is 22.3 Å². The maximum atomic E-state index is 5.07. The third-order valence-electron chi connectivity index (χ3n) is 13.4. The number of rotatable bonds is 6. The third-order valence-corrected chi connectivity index (χ3v) is 13.4. The first-order valence-electron chi connectivity index (χ1n) is 22.6. The van der Waals surface area contributed by atoms with Crippen molar-refractivity contribution in [2.45, 2.75) is 25.7 Å². The maximum absolute atomic E-state index is 5.07. The fraction of sp³-hybridized carbons (Fsp3) is 0.0690. The van der Waals surface area contributed by atoms with E-state index >= 15 is 0 Å². The van der Waals surface area contributed by atoms with Crippen LogP contribution in [0.5, 0.6) is 0 Å². The molecule has 11 aromatic rings. The van der Waals surface area contributed by atoms with Crippen molar-refractivity contribution in [2.75, 3.05) is 9.80 Å². The van der Waals surface area contributed by atoms with Crippen molar-refractivity contribution in [2.24, 2.45) is 0 Å². The Balaban J connectivity index is 0.751. The molecule has 0 aliphatic carbocycles. The highest BCUT2D eigenvalue weighted by Gasteiger charge is 2.24. The van der Waals surface area contributed by atoms with Crippen LogP contribution in [0.3, 0.4) is 0 Å². The number of imidazole rings is 2. The largest absolute Gasteiger partial charge is 0.310 e. The summed E-state index contributed by atoms with van der Waals surface area (Å²) in [6.07, 6.45) is 11.5. The molecule has 5 heterocycles. The Morgan fingerprint density at radius 2 is 0.697 bits per heavy atom. The summed E-state index contributed by atoms with van der Waals surface area (Å²) in [4.78, 5) is 24.3. The van der Waals surface area contributed by atoms with Gasteiger partial charge in [0.25, 0.3) is 0 Å². The zero-order chi connectivity index (χ0) is 43.6. The van der Waals surface area contributed by atoms with Gasteiger partial charge in [0.15, 0.2) is 0 Å². The molecule has 0 unspecified atom stereocenters. The van der Waals surface area contributed by atoms with Crippen molar-refractivity contribution in [3.63, 3.8) is 0 Å². The molecule has 0 radical (unpaired) electrons. The lowest BCUT2D eigenvalue weighted by Gasteiger charge is -2.27. The molecule has 3 aromatic heterocycles. The minimum Gasteiger partial charge on any atom is -0.310 e. The second-order valence-electron chi connectivity index (χ2n) is 17.1. The van der Waals surface area contributed by atoms with E-state index in [1.165, 1.54) is 45.0 Å². The van der Waals surface area contributed by atoms with Crippen molar-refractivity contribution in [3.05, 3.63) is 229 Å². The van der Waals surface area contributed by atoms with E-state index in [2.05, 4.69) is 206 Å². The van der Waals surface area contributed by atoms with Gasteiger partial charge < -0.3 is 9.80 Å². The lowest BCUT2D eigenvalue weighted by molar-refractivity contribution is 0.977. The predicted molar refractivity (Wildman–Crippen MR) is 266 cm³/mol.